The Morgan fingerprint density at radius 1 is 1.09 bits per heavy atom. The molecule has 0 radical (unpaired) electrons. The number of ether oxygens (including phenoxy) is 2. The zero-order valence-corrected chi connectivity index (χ0v) is 31.4. The van der Waals surface area contributed by atoms with E-state index < -0.39 is 0 Å². The van der Waals surface area contributed by atoms with Crippen LogP contribution in [0.2, 0.25) is 0 Å². The van der Waals surface area contributed by atoms with Gasteiger partial charge in [-0.05, 0) is 55.4 Å². The average Bonchev–Trinajstić information content (AvgIpc) is 3.58. The van der Waals surface area contributed by atoms with Crippen molar-refractivity contribution in [1.82, 2.24) is 24.0 Å². The van der Waals surface area contributed by atoms with Gasteiger partial charge in [-0.1, -0.05) is 20.8 Å². The van der Waals surface area contributed by atoms with Crippen LogP contribution in [-0.2, 0) is 37.8 Å². The first-order chi connectivity index (χ1) is 25.6. The molecule has 2 fully saturated rings. The van der Waals surface area contributed by atoms with Crippen molar-refractivity contribution in [3.05, 3.63) is 75.9 Å². The van der Waals surface area contributed by atoms with Gasteiger partial charge in [-0.15, -0.1) is 0 Å². The van der Waals surface area contributed by atoms with E-state index >= 15 is 0 Å². The topological polar surface area (TPSA) is 130 Å². The second-order valence-corrected chi connectivity index (χ2v) is 15.7. The number of anilines is 4. The van der Waals surface area contributed by atoms with E-state index in [4.69, 9.17) is 9.47 Å². The molecule has 2 N–H and O–H groups in total. The second-order valence-electron chi connectivity index (χ2n) is 15.7. The Balaban J connectivity index is 1.08. The van der Waals surface area contributed by atoms with Crippen LogP contribution in [0.4, 0.5) is 22.9 Å². The van der Waals surface area contributed by atoms with Crippen LogP contribution in [0.3, 0.4) is 0 Å². The van der Waals surface area contributed by atoms with E-state index in [0.717, 1.165) is 63.4 Å². The highest BCUT2D eigenvalue weighted by Crippen LogP contribution is 2.46. The van der Waals surface area contributed by atoms with Gasteiger partial charge in [0.05, 0.1) is 56.2 Å². The fraction of sp³-hybridized carbons (Fsp3) is 0.500. The predicted octanol–water partition coefficient (Wildman–Crippen LogP) is 4.36. The Hall–Kier alpha value is -4.72. The third-order valence-electron chi connectivity index (χ3n) is 11.3. The van der Waals surface area contributed by atoms with Gasteiger partial charge in [0.2, 0.25) is 0 Å². The molecule has 2 saturated heterocycles. The molecule has 4 aromatic rings. The van der Waals surface area contributed by atoms with Crippen LogP contribution in [0.5, 0.6) is 5.75 Å². The molecule has 0 aromatic carbocycles. The summed E-state index contributed by atoms with van der Waals surface area (Å²) in [7, 11) is 1.71. The van der Waals surface area contributed by atoms with Gasteiger partial charge in [-0.2, -0.15) is 0 Å². The number of carbonyl (C=O) groups is 1. The van der Waals surface area contributed by atoms with E-state index in [1.54, 1.807) is 36.6 Å². The van der Waals surface area contributed by atoms with Gasteiger partial charge in [-0.3, -0.25) is 24.4 Å². The lowest BCUT2D eigenvalue weighted by molar-refractivity contribution is -0.0691. The summed E-state index contributed by atoms with van der Waals surface area (Å²) in [4.78, 5) is 43.6. The van der Waals surface area contributed by atoms with E-state index in [1.165, 1.54) is 10.3 Å². The number of hydrogen-bond donors (Lipinski definition) is 2. The Bertz CT molecular complexity index is 2100. The smallest absolute Gasteiger partial charge is 0.280 e. The number of aromatic nitrogens is 4. The normalized spacial score (nSPS) is 20.0. The van der Waals surface area contributed by atoms with Crippen LogP contribution in [0.15, 0.2) is 47.8 Å². The number of aliphatic hydroxyl groups excluding tert-OH is 1. The number of aliphatic hydroxyl groups is 1. The molecule has 1 atom stereocenters. The second kappa shape index (κ2) is 13.9. The lowest BCUT2D eigenvalue weighted by atomic mass is 9.90. The van der Waals surface area contributed by atoms with E-state index in [9.17, 15) is 14.7 Å². The number of piperazine rings is 1. The van der Waals surface area contributed by atoms with Crippen LogP contribution < -0.4 is 25.4 Å². The van der Waals surface area contributed by atoms with Gasteiger partial charge in [0, 0.05) is 80.6 Å². The Labute approximate surface area is 310 Å². The maximum Gasteiger partial charge on any atom is 0.280 e. The summed E-state index contributed by atoms with van der Waals surface area (Å²) in [6.45, 7) is 14.4. The van der Waals surface area contributed by atoms with E-state index in [2.05, 4.69) is 57.3 Å². The number of nitrogens with one attached hydrogen (secondary N) is 1. The molecule has 1 aliphatic carbocycles. The number of hydrogen-bond acceptors (Lipinski definition) is 10. The van der Waals surface area contributed by atoms with Crippen LogP contribution >= 0.6 is 0 Å². The molecular formula is C40H50N8O5. The maximum absolute atomic E-state index is 14.4. The first kappa shape index (κ1) is 35.3. The van der Waals surface area contributed by atoms with Gasteiger partial charge < -0.3 is 33.9 Å². The van der Waals surface area contributed by atoms with E-state index in [-0.39, 0.29) is 23.5 Å². The van der Waals surface area contributed by atoms with Crippen LogP contribution in [0.1, 0.15) is 61.4 Å². The monoisotopic (exact) mass is 722 g/mol. The largest absolute Gasteiger partial charge is 0.491 e. The van der Waals surface area contributed by atoms with Crippen molar-refractivity contribution in [2.24, 2.45) is 12.5 Å². The Morgan fingerprint density at radius 3 is 2.66 bits per heavy atom. The molecule has 280 valence electrons. The average molecular weight is 723 g/mol. The van der Waals surface area contributed by atoms with Crippen molar-refractivity contribution < 1.29 is 19.4 Å². The summed E-state index contributed by atoms with van der Waals surface area (Å²) in [6.07, 6.45) is 9.59. The molecule has 13 heteroatoms. The Morgan fingerprint density at radius 2 is 1.92 bits per heavy atom. The number of aryl methyl sites for hydroxylation is 1. The number of nitrogens with zero attached hydrogens (tertiary/aromatic N) is 7. The number of rotatable bonds is 10. The number of pyridine rings is 3. The number of fused-ring (bicyclic) bond motifs is 3. The first-order valence-electron chi connectivity index (χ1n) is 18.9. The summed E-state index contributed by atoms with van der Waals surface area (Å²) in [5.41, 5.74) is 6.78. The molecule has 0 unspecified atom stereocenters. The third-order valence-corrected chi connectivity index (χ3v) is 11.3. The first-order valence-corrected chi connectivity index (χ1v) is 18.9. The molecule has 1 amide bonds. The van der Waals surface area contributed by atoms with Crippen molar-refractivity contribution >= 4 is 28.8 Å². The van der Waals surface area contributed by atoms with Crippen molar-refractivity contribution in [3.63, 3.8) is 0 Å². The molecule has 4 aromatic heterocycles. The van der Waals surface area contributed by atoms with Crippen LogP contribution in [-0.4, -0.2) is 93.1 Å². The summed E-state index contributed by atoms with van der Waals surface area (Å²) >= 11 is 0. The molecule has 0 bridgehead atoms. The highest BCUT2D eigenvalue weighted by molar-refractivity contribution is 6.08. The number of carbonyl (C=O) groups excluding carboxylic acids is 1. The molecule has 8 rings (SSSR count). The molecule has 4 aliphatic rings. The van der Waals surface area contributed by atoms with Crippen molar-refractivity contribution in [1.29, 1.82) is 0 Å². The van der Waals surface area contributed by atoms with Crippen molar-refractivity contribution in [3.8, 4) is 16.9 Å². The van der Waals surface area contributed by atoms with Gasteiger partial charge >= 0.3 is 0 Å². The SMILES string of the molecule is CCCOc1c2c(n3c1C(=O)N(c1nccc(-c4cc(Nc5cncc(N6CCN(C7COC7)C[C@@H]6C)c5)c(=O)n(C)c4)c1CO)CC3)CC(C)(C)C2. The van der Waals surface area contributed by atoms with Crippen LogP contribution in [0, 0.1) is 5.41 Å². The molecule has 0 spiro atoms. The molecule has 7 heterocycles. The van der Waals surface area contributed by atoms with Gasteiger partial charge in [0.25, 0.3) is 11.5 Å². The Kier molecular flexibility index (Phi) is 9.28. The highest BCUT2D eigenvalue weighted by atomic mass is 16.5. The van der Waals surface area contributed by atoms with E-state index in [1.807, 2.05) is 18.3 Å². The molecule has 53 heavy (non-hydrogen) atoms. The number of amides is 1. The molecule has 0 saturated carbocycles. The molecule has 3 aliphatic heterocycles. The lowest BCUT2D eigenvalue weighted by Crippen LogP contribution is -2.59. The minimum absolute atomic E-state index is 0.111. The van der Waals surface area contributed by atoms with Gasteiger partial charge in [-0.25, -0.2) is 4.98 Å². The maximum atomic E-state index is 14.4. The lowest BCUT2D eigenvalue weighted by Gasteiger charge is -2.46. The summed E-state index contributed by atoms with van der Waals surface area (Å²) in [6, 6.07) is 6.46. The quantitative estimate of drug-likeness (QED) is 0.244. The minimum Gasteiger partial charge on any atom is -0.491 e. The summed E-state index contributed by atoms with van der Waals surface area (Å²) in [5, 5.41) is 14.2. The van der Waals surface area contributed by atoms with E-state index in [0.29, 0.717) is 77.1 Å². The third kappa shape index (κ3) is 6.38. The fourth-order valence-corrected chi connectivity index (χ4v) is 8.56. The zero-order chi connectivity index (χ0) is 37.0. The predicted molar refractivity (Wildman–Crippen MR) is 204 cm³/mol. The molecule has 13 nitrogen and oxygen atoms in total. The fourth-order valence-electron chi connectivity index (χ4n) is 8.56. The zero-order valence-electron chi connectivity index (χ0n) is 31.4. The van der Waals surface area contributed by atoms with Crippen molar-refractivity contribution in [2.45, 2.75) is 72.2 Å². The van der Waals surface area contributed by atoms with Gasteiger partial charge in [0.1, 0.15) is 11.5 Å². The minimum atomic E-state index is -0.343. The molecular weight excluding hydrogens is 672 g/mol. The standard InChI is InChI=1S/C40H50N8O5/c1-6-13-53-36-31-16-40(3,4)17-34(31)47-11-12-48(39(51)35(36)47)37-32(22-49)30(7-8-42-37)26-14-33(38(50)44(5)21-26)43-27-15-28(19-41-18-27)46-10-9-45(20-25(46)2)29-23-52-24-29/h7-8,14-15,18-19,21,25,29,43,49H,6,9-13,16-17,20,22-24H2,1-5H3/t25-/m0/s1. The van der Waals surface area contributed by atoms with Gasteiger partial charge in [0.15, 0.2) is 11.4 Å². The summed E-state index contributed by atoms with van der Waals surface area (Å²) < 4.78 is 15.4. The van der Waals surface area contributed by atoms with Crippen molar-refractivity contribution in [2.75, 3.05) is 61.1 Å². The summed E-state index contributed by atoms with van der Waals surface area (Å²) in [5.74, 6) is 0.914. The van der Waals surface area contributed by atoms with Crippen LogP contribution in [0.25, 0.3) is 11.1 Å². The highest BCUT2D eigenvalue weighted by Gasteiger charge is 2.42.